The van der Waals surface area contributed by atoms with E-state index < -0.39 is 8.07 Å². The summed E-state index contributed by atoms with van der Waals surface area (Å²) in [7, 11) is -2.41. The van der Waals surface area contributed by atoms with E-state index in [4.69, 9.17) is 9.97 Å². The monoisotopic (exact) mass is 696 g/mol. The van der Waals surface area contributed by atoms with Gasteiger partial charge in [-0.3, -0.25) is 9.97 Å². The largest absolute Gasteiger partial charge is 0.256 e. The number of hydrogen-bond acceptors (Lipinski definition) is 2. The molecular weight excluding hydrogens is 657 g/mol. The molecule has 0 aliphatic carbocycles. The van der Waals surface area contributed by atoms with E-state index in [0.717, 1.165) is 34.6 Å². The van der Waals surface area contributed by atoms with Crippen molar-refractivity contribution in [3.63, 3.8) is 0 Å². The van der Waals surface area contributed by atoms with Gasteiger partial charge in [-0.05, 0) is 77.5 Å². The van der Waals surface area contributed by atoms with Crippen LogP contribution in [0.25, 0.3) is 65.6 Å². The van der Waals surface area contributed by atoms with Crippen molar-refractivity contribution in [1.29, 1.82) is 0 Å². The number of fused-ring (bicyclic) bond motifs is 2. The number of allylic oxidation sites excluding steroid dienone is 2. The van der Waals surface area contributed by atoms with Gasteiger partial charge in [0.1, 0.15) is 8.07 Å². The zero-order valence-electron chi connectivity index (χ0n) is 30.1. The van der Waals surface area contributed by atoms with Crippen LogP contribution in [0.1, 0.15) is 36.1 Å². The molecule has 0 radical (unpaired) electrons. The molecule has 0 saturated heterocycles. The Morgan fingerprint density at radius 1 is 0.377 bits per heavy atom. The van der Waals surface area contributed by atoms with Gasteiger partial charge in [0.25, 0.3) is 0 Å². The molecule has 0 amide bonds. The lowest BCUT2D eigenvalue weighted by Crippen LogP contribution is -2.35. The Morgan fingerprint density at radius 2 is 0.774 bits per heavy atom. The molecule has 0 saturated carbocycles. The minimum atomic E-state index is -2.41. The van der Waals surface area contributed by atoms with Crippen molar-refractivity contribution < 1.29 is 0 Å². The van der Waals surface area contributed by atoms with Crippen LogP contribution >= 0.6 is 0 Å². The molecule has 0 fully saturated rings. The van der Waals surface area contributed by atoms with E-state index in [-0.39, 0.29) is 0 Å². The topological polar surface area (TPSA) is 25.8 Å². The van der Waals surface area contributed by atoms with E-state index in [2.05, 4.69) is 196 Å². The summed E-state index contributed by atoms with van der Waals surface area (Å²) in [4.78, 5) is 10.5. The predicted octanol–water partition coefficient (Wildman–Crippen LogP) is 13.2. The van der Waals surface area contributed by atoms with E-state index in [1.54, 1.807) is 0 Å². The highest BCUT2D eigenvalue weighted by atomic mass is 28.3. The molecule has 254 valence electrons. The Labute approximate surface area is 312 Å². The molecule has 1 aliphatic heterocycles. The Balaban J connectivity index is 1.26. The summed E-state index contributed by atoms with van der Waals surface area (Å²) in [6.07, 6.45) is 4.30. The summed E-state index contributed by atoms with van der Waals surface area (Å²) >= 11 is 0. The lowest BCUT2D eigenvalue weighted by Gasteiger charge is -2.32. The predicted molar refractivity (Wildman–Crippen MR) is 228 cm³/mol. The van der Waals surface area contributed by atoms with Crippen molar-refractivity contribution in [2.45, 2.75) is 25.9 Å². The molecule has 2 aromatic heterocycles. The van der Waals surface area contributed by atoms with Crippen molar-refractivity contribution >= 4 is 51.2 Å². The molecule has 0 N–H and O–H groups in total. The SMILES string of the molecule is CC[Si]1(CC)C(c2ccc(-c3cccc4ccccc34)nc2)=C(c2ccccc2)C(c2ccccc2)=C1c1ccc(-c2cccc3ccccc23)nc1. The van der Waals surface area contributed by atoms with Gasteiger partial charge in [-0.1, -0.05) is 184 Å². The Hall–Kier alpha value is -6.16. The van der Waals surface area contributed by atoms with Crippen LogP contribution in [0.2, 0.25) is 12.1 Å². The van der Waals surface area contributed by atoms with Crippen molar-refractivity contribution in [1.82, 2.24) is 9.97 Å². The zero-order chi connectivity index (χ0) is 35.8. The molecule has 0 unspecified atom stereocenters. The van der Waals surface area contributed by atoms with Gasteiger partial charge in [-0.25, -0.2) is 0 Å². The minimum absolute atomic E-state index is 0.996. The van der Waals surface area contributed by atoms with Crippen molar-refractivity contribution in [3.8, 4) is 22.5 Å². The lowest BCUT2D eigenvalue weighted by molar-refractivity contribution is 1.27. The highest BCUT2D eigenvalue weighted by Gasteiger charge is 2.48. The molecule has 6 aromatic carbocycles. The number of rotatable bonds is 8. The van der Waals surface area contributed by atoms with Gasteiger partial charge >= 0.3 is 0 Å². The molecule has 0 atom stereocenters. The molecule has 8 aromatic rings. The van der Waals surface area contributed by atoms with Crippen LogP contribution in [0.4, 0.5) is 0 Å². The fraction of sp³-hybridized carbons (Fsp3) is 0.0800. The molecule has 9 rings (SSSR count). The quantitative estimate of drug-likeness (QED) is 0.148. The van der Waals surface area contributed by atoms with E-state index in [0.29, 0.717) is 0 Å². The van der Waals surface area contributed by atoms with Gasteiger partial charge in [-0.15, -0.1) is 0 Å². The Kier molecular flexibility index (Phi) is 8.50. The van der Waals surface area contributed by atoms with Crippen molar-refractivity contribution in [3.05, 3.63) is 205 Å². The van der Waals surface area contributed by atoms with Crippen LogP contribution in [0.15, 0.2) is 182 Å². The first-order valence-corrected chi connectivity index (χ1v) is 21.1. The summed E-state index contributed by atoms with van der Waals surface area (Å²) in [6, 6.07) is 63.5. The molecule has 53 heavy (non-hydrogen) atoms. The second-order valence-electron chi connectivity index (χ2n) is 13.9. The van der Waals surface area contributed by atoms with Crippen molar-refractivity contribution in [2.24, 2.45) is 0 Å². The molecule has 0 bridgehead atoms. The minimum Gasteiger partial charge on any atom is -0.256 e. The van der Waals surface area contributed by atoms with E-state index in [9.17, 15) is 0 Å². The molecule has 1 aliphatic rings. The van der Waals surface area contributed by atoms with Gasteiger partial charge in [0, 0.05) is 23.5 Å². The molecule has 3 heterocycles. The highest BCUT2D eigenvalue weighted by Crippen LogP contribution is 2.58. The second kappa shape index (κ2) is 13.8. The van der Waals surface area contributed by atoms with Crippen LogP contribution in [-0.2, 0) is 0 Å². The van der Waals surface area contributed by atoms with Gasteiger partial charge < -0.3 is 0 Å². The number of pyridine rings is 2. The van der Waals surface area contributed by atoms with Crippen LogP contribution < -0.4 is 0 Å². The Bertz CT molecular complexity index is 2460. The first kappa shape index (κ1) is 32.7. The second-order valence-corrected chi connectivity index (χ2v) is 18.5. The van der Waals surface area contributed by atoms with E-state index in [1.165, 1.54) is 65.3 Å². The maximum Gasteiger partial charge on any atom is 0.121 e. The molecule has 0 spiro atoms. The number of nitrogens with zero attached hydrogens (tertiary/aromatic N) is 2. The van der Waals surface area contributed by atoms with Crippen LogP contribution in [0.3, 0.4) is 0 Å². The van der Waals surface area contributed by atoms with Gasteiger partial charge in [0.2, 0.25) is 0 Å². The van der Waals surface area contributed by atoms with Crippen LogP contribution in [0, 0.1) is 0 Å². The highest BCUT2D eigenvalue weighted by molar-refractivity contribution is 7.14. The van der Waals surface area contributed by atoms with Gasteiger partial charge in [-0.2, -0.15) is 0 Å². The fourth-order valence-corrected chi connectivity index (χ4v) is 13.8. The molecular formula is C50H40N2Si. The maximum atomic E-state index is 5.23. The van der Waals surface area contributed by atoms with E-state index >= 15 is 0 Å². The standard InChI is InChI=1S/C50H40N2Si/c1-3-53(4-2)49(39-29-31-45(51-33-39)43-27-15-23-35-17-11-13-25-41(35)43)47(37-19-7-5-8-20-37)48(38-21-9-6-10-22-38)50(53)40-30-32-46(52-34-40)44-28-16-24-36-18-12-14-26-42(36)44/h5-34H,3-4H2,1-2H3. The van der Waals surface area contributed by atoms with Gasteiger partial charge in [0.15, 0.2) is 0 Å². The lowest BCUT2D eigenvalue weighted by atomic mass is 9.89. The third kappa shape index (κ3) is 5.56. The summed E-state index contributed by atoms with van der Waals surface area (Å²) in [5.41, 5.74) is 11.9. The molecule has 3 heteroatoms. The third-order valence-electron chi connectivity index (χ3n) is 11.3. The van der Waals surface area contributed by atoms with Crippen molar-refractivity contribution in [2.75, 3.05) is 0 Å². The number of hydrogen-bond donors (Lipinski definition) is 0. The zero-order valence-corrected chi connectivity index (χ0v) is 31.1. The summed E-state index contributed by atoms with van der Waals surface area (Å²) in [5.74, 6) is 0. The number of aromatic nitrogens is 2. The molecule has 2 nitrogen and oxygen atoms in total. The average Bonchev–Trinajstić information content (AvgIpc) is 3.55. The van der Waals surface area contributed by atoms with Crippen LogP contribution in [0.5, 0.6) is 0 Å². The fourth-order valence-electron chi connectivity index (χ4n) is 8.74. The Morgan fingerprint density at radius 3 is 1.17 bits per heavy atom. The first-order chi connectivity index (χ1) is 26.2. The summed E-state index contributed by atoms with van der Waals surface area (Å²) in [6.45, 7) is 4.81. The normalized spacial score (nSPS) is 14.0. The maximum absolute atomic E-state index is 5.23. The number of benzene rings is 6. The first-order valence-electron chi connectivity index (χ1n) is 18.7. The van der Waals surface area contributed by atoms with E-state index in [1.807, 2.05) is 0 Å². The summed E-state index contributed by atoms with van der Waals surface area (Å²) in [5, 5.41) is 7.84. The smallest absolute Gasteiger partial charge is 0.121 e. The van der Waals surface area contributed by atoms with Gasteiger partial charge in [0.05, 0.1) is 11.4 Å². The van der Waals surface area contributed by atoms with Crippen LogP contribution in [-0.4, -0.2) is 18.0 Å². The third-order valence-corrected chi connectivity index (χ3v) is 16.7. The average molecular weight is 697 g/mol. The summed E-state index contributed by atoms with van der Waals surface area (Å²) < 4.78 is 0.